The van der Waals surface area contributed by atoms with Crippen LogP contribution in [-0.4, -0.2) is 38.8 Å². The lowest BCUT2D eigenvalue weighted by molar-refractivity contribution is -0.122. The molecule has 1 aliphatic heterocycles. The van der Waals surface area contributed by atoms with Crippen LogP contribution in [0.15, 0.2) is 23.1 Å². The Labute approximate surface area is 143 Å². The minimum absolute atomic E-state index is 0.0251. The number of amides is 1. The van der Waals surface area contributed by atoms with E-state index in [4.69, 9.17) is 4.74 Å². The second-order valence-corrected chi connectivity index (χ2v) is 8.38. The van der Waals surface area contributed by atoms with E-state index >= 15 is 0 Å². The summed E-state index contributed by atoms with van der Waals surface area (Å²) in [5.74, 6) is 0.435. The van der Waals surface area contributed by atoms with E-state index in [0.717, 1.165) is 38.5 Å². The fraction of sp³-hybridized carbons (Fsp3) is 0.588. The van der Waals surface area contributed by atoms with Gasteiger partial charge in [-0.1, -0.05) is 12.8 Å². The number of piperidine rings is 1. The predicted molar refractivity (Wildman–Crippen MR) is 91.6 cm³/mol. The largest absolute Gasteiger partial charge is 0.495 e. The zero-order valence-electron chi connectivity index (χ0n) is 14.0. The Morgan fingerprint density at radius 1 is 1.17 bits per heavy atom. The zero-order valence-corrected chi connectivity index (χ0v) is 14.8. The molecule has 1 amide bonds. The number of benzene rings is 1. The maximum atomic E-state index is 12.8. The van der Waals surface area contributed by atoms with Crippen LogP contribution in [0.3, 0.4) is 0 Å². The van der Waals surface area contributed by atoms with E-state index in [0.29, 0.717) is 24.5 Å². The SMILES string of the molecule is COc1ccc(S(=O)(=O)N2CCCCC2)cc1NC(=O)C1CCC1. The quantitative estimate of drug-likeness (QED) is 0.884. The van der Waals surface area contributed by atoms with E-state index in [1.807, 2.05) is 0 Å². The van der Waals surface area contributed by atoms with E-state index in [1.54, 1.807) is 12.1 Å². The smallest absolute Gasteiger partial charge is 0.243 e. The van der Waals surface area contributed by atoms with E-state index in [2.05, 4.69) is 5.32 Å². The van der Waals surface area contributed by atoms with Crippen molar-refractivity contribution in [1.29, 1.82) is 0 Å². The lowest BCUT2D eigenvalue weighted by Gasteiger charge is -2.27. The van der Waals surface area contributed by atoms with Gasteiger partial charge in [0.05, 0.1) is 17.7 Å². The summed E-state index contributed by atoms with van der Waals surface area (Å²) in [5, 5.41) is 2.83. The molecule has 7 heteroatoms. The predicted octanol–water partition coefficient (Wildman–Crippen LogP) is 2.61. The van der Waals surface area contributed by atoms with Crippen molar-refractivity contribution in [1.82, 2.24) is 4.31 Å². The number of ether oxygens (including phenoxy) is 1. The number of carbonyl (C=O) groups excluding carboxylic acids is 1. The lowest BCUT2D eigenvalue weighted by Crippen LogP contribution is -2.35. The van der Waals surface area contributed by atoms with Crippen molar-refractivity contribution in [2.24, 2.45) is 5.92 Å². The summed E-state index contributed by atoms with van der Waals surface area (Å²) in [6, 6.07) is 4.66. The molecule has 132 valence electrons. The third-order valence-electron chi connectivity index (χ3n) is 4.86. The molecule has 1 aromatic carbocycles. The minimum atomic E-state index is -3.53. The molecular weight excluding hydrogens is 328 g/mol. The second kappa shape index (κ2) is 7.11. The van der Waals surface area contributed by atoms with Crippen LogP contribution in [0, 0.1) is 5.92 Å². The van der Waals surface area contributed by atoms with Gasteiger partial charge in [-0.3, -0.25) is 4.79 Å². The van der Waals surface area contributed by atoms with Crippen LogP contribution < -0.4 is 10.1 Å². The van der Waals surface area contributed by atoms with Gasteiger partial charge in [-0.15, -0.1) is 0 Å². The third kappa shape index (κ3) is 3.42. The average molecular weight is 352 g/mol. The summed E-state index contributed by atoms with van der Waals surface area (Å²) in [4.78, 5) is 12.4. The molecule has 0 unspecified atom stereocenters. The number of nitrogens with one attached hydrogen (secondary N) is 1. The number of anilines is 1. The first-order chi connectivity index (χ1) is 11.5. The first kappa shape index (κ1) is 17.2. The standard InChI is InChI=1S/C17H24N2O4S/c1-23-16-9-8-14(24(21,22)19-10-3-2-4-11-19)12-15(16)18-17(20)13-6-5-7-13/h8-9,12-13H,2-7,10-11H2,1H3,(H,18,20). The van der Waals surface area contributed by atoms with Crippen LogP contribution in [0.4, 0.5) is 5.69 Å². The van der Waals surface area contributed by atoms with Crippen molar-refractivity contribution in [3.8, 4) is 5.75 Å². The van der Waals surface area contributed by atoms with Gasteiger partial charge in [-0.25, -0.2) is 8.42 Å². The highest BCUT2D eigenvalue weighted by Gasteiger charge is 2.29. The average Bonchev–Trinajstić information content (AvgIpc) is 2.54. The third-order valence-corrected chi connectivity index (χ3v) is 6.75. The first-order valence-corrected chi connectivity index (χ1v) is 9.95. The lowest BCUT2D eigenvalue weighted by atomic mass is 9.85. The molecule has 6 nitrogen and oxygen atoms in total. The molecule has 1 saturated carbocycles. The van der Waals surface area contributed by atoms with Crippen molar-refractivity contribution >= 4 is 21.6 Å². The molecular formula is C17H24N2O4S. The minimum Gasteiger partial charge on any atom is -0.495 e. The van der Waals surface area contributed by atoms with E-state index < -0.39 is 10.0 Å². The van der Waals surface area contributed by atoms with Gasteiger partial charge in [0.25, 0.3) is 0 Å². The summed E-state index contributed by atoms with van der Waals surface area (Å²) in [6.45, 7) is 1.11. The van der Waals surface area contributed by atoms with Crippen molar-refractivity contribution in [3.63, 3.8) is 0 Å². The Hall–Kier alpha value is -1.60. The molecule has 1 aliphatic carbocycles. The zero-order chi connectivity index (χ0) is 17.2. The number of methoxy groups -OCH3 is 1. The van der Waals surface area contributed by atoms with Gasteiger partial charge >= 0.3 is 0 Å². The maximum Gasteiger partial charge on any atom is 0.243 e. The van der Waals surface area contributed by atoms with Crippen molar-refractivity contribution in [2.75, 3.05) is 25.5 Å². The second-order valence-electron chi connectivity index (χ2n) is 6.44. The van der Waals surface area contributed by atoms with Crippen LogP contribution in [0.1, 0.15) is 38.5 Å². The fourth-order valence-corrected chi connectivity index (χ4v) is 4.65. The van der Waals surface area contributed by atoms with Gasteiger partial charge in [-0.05, 0) is 43.9 Å². The monoisotopic (exact) mass is 352 g/mol. The van der Waals surface area contributed by atoms with E-state index in [-0.39, 0.29) is 16.7 Å². The first-order valence-electron chi connectivity index (χ1n) is 8.51. The number of hydrogen-bond donors (Lipinski definition) is 1. The summed E-state index contributed by atoms with van der Waals surface area (Å²) >= 11 is 0. The number of sulfonamides is 1. The number of carbonyl (C=O) groups is 1. The molecule has 1 heterocycles. The molecule has 2 fully saturated rings. The molecule has 0 spiro atoms. The van der Waals surface area contributed by atoms with Crippen LogP contribution in [0.2, 0.25) is 0 Å². The Kier molecular flexibility index (Phi) is 5.10. The fourth-order valence-electron chi connectivity index (χ4n) is 3.10. The molecule has 2 aliphatic rings. The Morgan fingerprint density at radius 2 is 1.88 bits per heavy atom. The highest BCUT2D eigenvalue weighted by Crippen LogP contribution is 2.32. The Balaban J connectivity index is 1.86. The normalized spacial score (nSPS) is 19.5. The van der Waals surface area contributed by atoms with Crippen molar-refractivity contribution < 1.29 is 17.9 Å². The van der Waals surface area contributed by atoms with Crippen LogP contribution in [0.5, 0.6) is 5.75 Å². The highest BCUT2D eigenvalue weighted by molar-refractivity contribution is 7.89. The molecule has 1 N–H and O–H groups in total. The summed E-state index contributed by atoms with van der Waals surface area (Å²) in [6.07, 6.45) is 5.69. The van der Waals surface area contributed by atoms with Gasteiger partial charge < -0.3 is 10.1 Å². The molecule has 1 aromatic rings. The van der Waals surface area contributed by atoms with Gasteiger partial charge in [0.2, 0.25) is 15.9 Å². The van der Waals surface area contributed by atoms with Crippen molar-refractivity contribution in [2.45, 2.75) is 43.4 Å². The molecule has 0 atom stereocenters. The van der Waals surface area contributed by atoms with Gasteiger partial charge in [0, 0.05) is 19.0 Å². The summed E-state index contributed by atoms with van der Waals surface area (Å²) in [7, 11) is -2.02. The number of nitrogens with zero attached hydrogens (tertiary/aromatic N) is 1. The molecule has 24 heavy (non-hydrogen) atoms. The molecule has 0 radical (unpaired) electrons. The maximum absolute atomic E-state index is 12.8. The molecule has 1 saturated heterocycles. The van der Waals surface area contributed by atoms with Crippen LogP contribution in [0.25, 0.3) is 0 Å². The highest BCUT2D eigenvalue weighted by atomic mass is 32.2. The number of hydrogen-bond acceptors (Lipinski definition) is 4. The van der Waals surface area contributed by atoms with E-state index in [9.17, 15) is 13.2 Å². The van der Waals surface area contributed by atoms with Gasteiger partial charge in [-0.2, -0.15) is 4.31 Å². The Morgan fingerprint density at radius 3 is 2.46 bits per heavy atom. The van der Waals surface area contributed by atoms with Crippen LogP contribution in [-0.2, 0) is 14.8 Å². The summed E-state index contributed by atoms with van der Waals surface area (Å²) in [5.41, 5.74) is 0.424. The summed E-state index contributed by atoms with van der Waals surface area (Å²) < 4.78 is 32.4. The topological polar surface area (TPSA) is 75.7 Å². The molecule has 0 bridgehead atoms. The number of rotatable bonds is 5. The molecule has 0 aromatic heterocycles. The van der Waals surface area contributed by atoms with E-state index in [1.165, 1.54) is 17.5 Å². The molecule has 3 rings (SSSR count). The van der Waals surface area contributed by atoms with Crippen LogP contribution >= 0.6 is 0 Å². The van der Waals surface area contributed by atoms with Gasteiger partial charge in [0.15, 0.2) is 0 Å². The van der Waals surface area contributed by atoms with Gasteiger partial charge in [0.1, 0.15) is 5.75 Å². The Bertz CT molecular complexity index is 707. The van der Waals surface area contributed by atoms with Crippen molar-refractivity contribution in [3.05, 3.63) is 18.2 Å².